The lowest BCUT2D eigenvalue weighted by Gasteiger charge is -2.30. The van der Waals surface area contributed by atoms with Gasteiger partial charge in [-0.1, -0.05) is 30.3 Å². The van der Waals surface area contributed by atoms with Crippen molar-refractivity contribution in [3.8, 4) is 0 Å². The van der Waals surface area contributed by atoms with Crippen LogP contribution in [0.15, 0.2) is 36.7 Å². The highest BCUT2D eigenvalue weighted by molar-refractivity contribution is 5.80. The molecule has 0 radical (unpaired) electrons. The van der Waals surface area contributed by atoms with Gasteiger partial charge in [0.05, 0.1) is 24.5 Å². The Morgan fingerprint density at radius 1 is 1.32 bits per heavy atom. The minimum atomic E-state index is 0.127. The Labute approximate surface area is 149 Å². The summed E-state index contributed by atoms with van der Waals surface area (Å²) in [5.74, 6) is 0.420. The Morgan fingerprint density at radius 3 is 2.92 bits per heavy atom. The van der Waals surface area contributed by atoms with Crippen molar-refractivity contribution < 1.29 is 4.79 Å². The first-order chi connectivity index (χ1) is 12.2. The normalized spacial score (nSPS) is 22.8. The summed E-state index contributed by atoms with van der Waals surface area (Å²) in [6, 6.07) is 10.8. The predicted octanol–water partition coefficient (Wildman–Crippen LogP) is 2.01. The van der Waals surface area contributed by atoms with Crippen LogP contribution in [0.4, 0.5) is 0 Å². The van der Waals surface area contributed by atoms with Gasteiger partial charge in [0.25, 0.3) is 0 Å². The van der Waals surface area contributed by atoms with Gasteiger partial charge in [-0.25, -0.2) is 4.98 Å². The number of hydrogen-bond acceptors (Lipinski definition) is 3. The van der Waals surface area contributed by atoms with Crippen LogP contribution in [0.2, 0.25) is 0 Å². The third-order valence-corrected chi connectivity index (χ3v) is 5.63. The van der Waals surface area contributed by atoms with E-state index in [1.165, 1.54) is 11.3 Å². The smallest absolute Gasteiger partial charge is 0.227 e. The van der Waals surface area contributed by atoms with Gasteiger partial charge in [-0.2, -0.15) is 0 Å². The molecule has 1 amide bonds. The van der Waals surface area contributed by atoms with Crippen LogP contribution in [0.5, 0.6) is 0 Å². The number of nitrogens with zero attached hydrogens (tertiary/aromatic N) is 3. The van der Waals surface area contributed by atoms with Crippen molar-refractivity contribution in [2.45, 2.75) is 45.3 Å². The maximum atomic E-state index is 12.8. The fourth-order valence-electron chi connectivity index (χ4n) is 4.08. The van der Waals surface area contributed by atoms with Crippen LogP contribution in [0.3, 0.4) is 0 Å². The number of imidazole rings is 1. The van der Waals surface area contributed by atoms with Crippen molar-refractivity contribution in [3.05, 3.63) is 53.6 Å². The quantitative estimate of drug-likeness (QED) is 0.928. The highest BCUT2D eigenvalue weighted by Gasteiger charge is 2.34. The lowest BCUT2D eigenvalue weighted by atomic mass is 9.99. The molecule has 1 aromatic carbocycles. The second-order valence-corrected chi connectivity index (χ2v) is 7.21. The Hall–Kier alpha value is -2.14. The van der Waals surface area contributed by atoms with E-state index in [2.05, 4.69) is 52.1 Å². The first-order valence-corrected chi connectivity index (χ1v) is 9.31. The van der Waals surface area contributed by atoms with E-state index in [0.717, 1.165) is 44.6 Å². The van der Waals surface area contributed by atoms with Crippen LogP contribution >= 0.6 is 0 Å². The monoisotopic (exact) mass is 338 g/mol. The lowest BCUT2D eigenvalue weighted by Crippen LogP contribution is -2.43. The summed E-state index contributed by atoms with van der Waals surface area (Å²) in [5.41, 5.74) is 3.73. The average Bonchev–Trinajstić information content (AvgIpc) is 3.25. The van der Waals surface area contributed by atoms with E-state index in [4.69, 9.17) is 0 Å². The fraction of sp³-hybridized carbons (Fsp3) is 0.500. The van der Waals surface area contributed by atoms with Crippen molar-refractivity contribution in [1.82, 2.24) is 19.8 Å². The Morgan fingerprint density at radius 2 is 2.16 bits per heavy atom. The van der Waals surface area contributed by atoms with E-state index < -0.39 is 0 Å². The summed E-state index contributed by atoms with van der Waals surface area (Å²) in [5, 5.41) is 3.38. The zero-order valence-corrected chi connectivity index (χ0v) is 14.8. The number of nitrogens with one attached hydrogen (secondary N) is 1. The zero-order valence-electron chi connectivity index (χ0n) is 14.8. The van der Waals surface area contributed by atoms with Gasteiger partial charge in [0.2, 0.25) is 5.91 Å². The summed E-state index contributed by atoms with van der Waals surface area (Å²) in [7, 11) is 0. The predicted molar refractivity (Wildman–Crippen MR) is 97.1 cm³/mol. The molecule has 132 valence electrons. The van der Waals surface area contributed by atoms with Gasteiger partial charge < -0.3 is 14.8 Å². The van der Waals surface area contributed by atoms with Crippen LogP contribution in [0.1, 0.15) is 30.3 Å². The molecule has 25 heavy (non-hydrogen) atoms. The van der Waals surface area contributed by atoms with E-state index in [1.54, 1.807) is 0 Å². The summed E-state index contributed by atoms with van der Waals surface area (Å²) in [4.78, 5) is 19.4. The molecule has 0 aliphatic carbocycles. The number of carbonyl (C=O) groups is 1. The van der Waals surface area contributed by atoms with Gasteiger partial charge in [-0.05, 0) is 31.9 Å². The minimum absolute atomic E-state index is 0.127. The number of amides is 1. The molecule has 3 heterocycles. The van der Waals surface area contributed by atoms with Gasteiger partial charge in [0.15, 0.2) is 0 Å². The third kappa shape index (κ3) is 3.33. The molecule has 1 fully saturated rings. The molecule has 4 rings (SSSR count). The molecule has 5 nitrogen and oxygen atoms in total. The standard InChI is InChI=1S/C20H26N4O/c1-15-17(7-10-21-15)20(25)23-12-9-19-18(13-23)22-14-24(19)11-8-16-5-3-2-4-6-16/h2-6,14-15,17,21H,7-13H2,1H3. The molecule has 0 bridgehead atoms. The van der Waals surface area contributed by atoms with Gasteiger partial charge in [0, 0.05) is 31.2 Å². The summed E-state index contributed by atoms with van der Waals surface area (Å²) in [6.07, 6.45) is 4.82. The van der Waals surface area contributed by atoms with Crippen molar-refractivity contribution >= 4 is 5.91 Å². The molecule has 0 saturated carbocycles. The van der Waals surface area contributed by atoms with Crippen LogP contribution in [0, 0.1) is 5.92 Å². The highest BCUT2D eigenvalue weighted by Crippen LogP contribution is 2.24. The van der Waals surface area contributed by atoms with Gasteiger partial charge in [-0.15, -0.1) is 0 Å². The molecule has 2 aliphatic rings. The molecular weight excluding hydrogens is 312 g/mol. The lowest BCUT2D eigenvalue weighted by molar-refractivity contribution is -0.136. The Kier molecular flexibility index (Phi) is 4.57. The van der Waals surface area contributed by atoms with Crippen LogP contribution in [-0.4, -0.2) is 39.5 Å². The molecule has 2 aromatic rings. The molecule has 1 N–H and O–H groups in total. The van der Waals surface area contributed by atoms with Crippen molar-refractivity contribution in [2.75, 3.05) is 13.1 Å². The number of carbonyl (C=O) groups excluding carboxylic acids is 1. The van der Waals surface area contributed by atoms with E-state index in [-0.39, 0.29) is 12.0 Å². The van der Waals surface area contributed by atoms with Gasteiger partial charge >= 0.3 is 0 Å². The summed E-state index contributed by atoms with van der Waals surface area (Å²) in [6.45, 7) is 5.49. The van der Waals surface area contributed by atoms with Crippen molar-refractivity contribution in [3.63, 3.8) is 0 Å². The fourth-order valence-corrected chi connectivity index (χ4v) is 4.08. The molecule has 5 heteroatoms. The molecular formula is C20H26N4O. The van der Waals surface area contributed by atoms with E-state index >= 15 is 0 Å². The molecule has 1 aromatic heterocycles. The molecule has 2 atom stereocenters. The van der Waals surface area contributed by atoms with E-state index in [9.17, 15) is 4.79 Å². The highest BCUT2D eigenvalue weighted by atomic mass is 16.2. The topological polar surface area (TPSA) is 50.2 Å². The van der Waals surface area contributed by atoms with Crippen molar-refractivity contribution in [2.24, 2.45) is 5.92 Å². The molecule has 2 unspecified atom stereocenters. The van der Waals surface area contributed by atoms with E-state index in [0.29, 0.717) is 12.5 Å². The van der Waals surface area contributed by atoms with Gasteiger partial charge in [-0.3, -0.25) is 4.79 Å². The minimum Gasteiger partial charge on any atom is -0.336 e. The zero-order chi connectivity index (χ0) is 17.2. The third-order valence-electron chi connectivity index (χ3n) is 5.63. The molecule has 1 saturated heterocycles. The van der Waals surface area contributed by atoms with Crippen LogP contribution < -0.4 is 5.32 Å². The maximum Gasteiger partial charge on any atom is 0.227 e. The van der Waals surface area contributed by atoms with E-state index in [1.807, 2.05) is 11.2 Å². The number of rotatable bonds is 4. The second-order valence-electron chi connectivity index (χ2n) is 7.21. The van der Waals surface area contributed by atoms with Gasteiger partial charge in [0.1, 0.15) is 0 Å². The Bertz CT molecular complexity index is 739. The SMILES string of the molecule is CC1NCCC1C(=O)N1CCc2c(ncn2CCc2ccccc2)C1. The van der Waals surface area contributed by atoms with Crippen molar-refractivity contribution in [1.29, 1.82) is 0 Å². The van der Waals surface area contributed by atoms with Crippen LogP contribution in [0.25, 0.3) is 0 Å². The second kappa shape index (κ2) is 7.00. The first kappa shape index (κ1) is 16.3. The average molecular weight is 338 g/mol. The maximum absolute atomic E-state index is 12.8. The molecule has 2 aliphatic heterocycles. The number of fused-ring (bicyclic) bond motifs is 1. The molecule has 0 spiro atoms. The largest absolute Gasteiger partial charge is 0.336 e. The summed E-state index contributed by atoms with van der Waals surface area (Å²) >= 11 is 0. The Balaban J connectivity index is 1.41. The first-order valence-electron chi connectivity index (χ1n) is 9.31. The number of aryl methyl sites for hydroxylation is 2. The number of hydrogen-bond donors (Lipinski definition) is 1. The summed E-state index contributed by atoms with van der Waals surface area (Å²) < 4.78 is 2.27. The number of aromatic nitrogens is 2. The van der Waals surface area contributed by atoms with Crippen LogP contribution in [-0.2, 0) is 30.7 Å². The number of benzene rings is 1.